The Labute approximate surface area is 123 Å². The van der Waals surface area contributed by atoms with Crippen molar-refractivity contribution in [1.82, 2.24) is 0 Å². The van der Waals surface area contributed by atoms with Crippen LogP contribution in [0.3, 0.4) is 0 Å². The first-order valence-electron chi connectivity index (χ1n) is 5.95. The molecular formula is C14H15ClN2O2S. The Kier molecular flexibility index (Phi) is 4.20. The molecule has 0 amide bonds. The first-order valence-corrected chi connectivity index (χ1v) is 8.22. The van der Waals surface area contributed by atoms with Gasteiger partial charge in [-0.25, -0.2) is 8.42 Å². The Morgan fingerprint density at radius 1 is 1.00 bits per heavy atom. The topological polar surface area (TPSA) is 58.2 Å². The molecule has 6 heteroatoms. The minimum Gasteiger partial charge on any atom is -0.355 e. The monoisotopic (exact) mass is 310 g/mol. The molecule has 0 radical (unpaired) electrons. The minimum absolute atomic E-state index is 0.529. The van der Waals surface area contributed by atoms with Crippen molar-refractivity contribution in [3.05, 3.63) is 53.1 Å². The summed E-state index contributed by atoms with van der Waals surface area (Å²) in [7, 11) is -3.25. The van der Waals surface area contributed by atoms with Gasteiger partial charge < -0.3 is 5.32 Å². The highest BCUT2D eigenvalue weighted by Gasteiger charge is 2.04. The van der Waals surface area contributed by atoms with Crippen LogP contribution in [-0.2, 0) is 10.0 Å². The zero-order valence-corrected chi connectivity index (χ0v) is 12.7. The van der Waals surface area contributed by atoms with E-state index < -0.39 is 10.0 Å². The second kappa shape index (κ2) is 5.73. The van der Waals surface area contributed by atoms with Crippen molar-refractivity contribution in [2.24, 2.45) is 0 Å². The lowest BCUT2D eigenvalue weighted by molar-refractivity contribution is 0.607. The molecule has 0 aliphatic heterocycles. The Morgan fingerprint density at radius 3 is 2.20 bits per heavy atom. The third-order valence-electron chi connectivity index (χ3n) is 2.73. The van der Waals surface area contributed by atoms with Crippen molar-refractivity contribution in [2.75, 3.05) is 16.3 Å². The highest BCUT2D eigenvalue weighted by molar-refractivity contribution is 7.92. The molecule has 0 aliphatic carbocycles. The molecule has 0 saturated heterocycles. The molecule has 2 N–H and O–H groups in total. The van der Waals surface area contributed by atoms with Gasteiger partial charge in [0, 0.05) is 22.1 Å². The summed E-state index contributed by atoms with van der Waals surface area (Å²) in [5.41, 5.74) is 3.27. The number of sulfonamides is 1. The molecule has 2 aromatic carbocycles. The Balaban J connectivity index is 2.17. The van der Waals surface area contributed by atoms with E-state index in [1.165, 1.54) is 0 Å². The highest BCUT2D eigenvalue weighted by Crippen LogP contribution is 2.26. The van der Waals surface area contributed by atoms with Crippen molar-refractivity contribution in [3.8, 4) is 0 Å². The van der Waals surface area contributed by atoms with Crippen molar-refractivity contribution in [2.45, 2.75) is 6.92 Å². The molecule has 106 valence electrons. The van der Waals surface area contributed by atoms with Gasteiger partial charge in [-0.2, -0.15) is 0 Å². The number of nitrogens with one attached hydrogen (secondary N) is 2. The van der Waals surface area contributed by atoms with Gasteiger partial charge in [0.25, 0.3) is 0 Å². The molecule has 0 atom stereocenters. The fourth-order valence-corrected chi connectivity index (χ4v) is 2.47. The molecule has 0 aromatic heterocycles. The maximum absolute atomic E-state index is 11.1. The molecule has 0 spiro atoms. The number of hydrogen-bond donors (Lipinski definition) is 2. The molecular weight excluding hydrogens is 296 g/mol. The summed E-state index contributed by atoms with van der Waals surface area (Å²) in [5, 5.41) is 3.94. The molecule has 0 heterocycles. The predicted octanol–water partition coefficient (Wildman–Crippen LogP) is 3.76. The van der Waals surface area contributed by atoms with E-state index >= 15 is 0 Å². The number of halogens is 1. The van der Waals surface area contributed by atoms with Crippen LogP contribution in [-0.4, -0.2) is 14.7 Å². The molecule has 4 nitrogen and oxygen atoms in total. The van der Waals surface area contributed by atoms with Crippen LogP contribution in [0.2, 0.25) is 5.02 Å². The Bertz CT molecular complexity index is 712. The lowest BCUT2D eigenvalue weighted by atomic mass is 10.2. The first-order chi connectivity index (χ1) is 9.35. The van der Waals surface area contributed by atoms with Gasteiger partial charge in [-0.3, -0.25) is 4.72 Å². The average Bonchev–Trinajstić information content (AvgIpc) is 2.35. The maximum Gasteiger partial charge on any atom is 0.229 e. The van der Waals surface area contributed by atoms with Gasteiger partial charge in [-0.1, -0.05) is 17.7 Å². The smallest absolute Gasteiger partial charge is 0.229 e. The van der Waals surface area contributed by atoms with Gasteiger partial charge in [0.15, 0.2) is 0 Å². The van der Waals surface area contributed by atoms with Crippen molar-refractivity contribution < 1.29 is 8.42 Å². The van der Waals surface area contributed by atoms with E-state index in [0.717, 1.165) is 23.2 Å². The number of anilines is 3. The molecule has 0 aliphatic rings. The van der Waals surface area contributed by atoms with Crippen molar-refractivity contribution >= 4 is 38.7 Å². The van der Waals surface area contributed by atoms with E-state index in [2.05, 4.69) is 10.0 Å². The van der Waals surface area contributed by atoms with Gasteiger partial charge in [-0.15, -0.1) is 0 Å². The zero-order chi connectivity index (χ0) is 14.8. The predicted molar refractivity (Wildman–Crippen MR) is 84.4 cm³/mol. The van der Waals surface area contributed by atoms with Crippen LogP contribution in [0.4, 0.5) is 17.1 Å². The lowest BCUT2D eigenvalue weighted by Gasteiger charge is -2.11. The SMILES string of the molecule is Cc1c(Cl)cccc1Nc1ccc(NS(C)(=O)=O)cc1. The Morgan fingerprint density at radius 2 is 1.60 bits per heavy atom. The number of hydrogen-bond acceptors (Lipinski definition) is 3. The summed E-state index contributed by atoms with van der Waals surface area (Å²) in [6, 6.07) is 12.6. The van der Waals surface area contributed by atoms with Crippen LogP contribution >= 0.6 is 11.6 Å². The fourth-order valence-electron chi connectivity index (χ4n) is 1.73. The third kappa shape index (κ3) is 3.88. The second-order valence-corrected chi connectivity index (χ2v) is 6.64. The lowest BCUT2D eigenvalue weighted by Crippen LogP contribution is -2.09. The molecule has 2 aromatic rings. The molecule has 2 rings (SSSR count). The van der Waals surface area contributed by atoms with E-state index in [1.54, 1.807) is 24.3 Å². The third-order valence-corrected chi connectivity index (χ3v) is 3.75. The van der Waals surface area contributed by atoms with Crippen LogP contribution in [0, 0.1) is 6.92 Å². The second-order valence-electron chi connectivity index (χ2n) is 4.49. The molecule has 0 unspecified atom stereocenters. The van der Waals surface area contributed by atoms with Crippen LogP contribution in [0.15, 0.2) is 42.5 Å². The van der Waals surface area contributed by atoms with E-state index in [0.29, 0.717) is 10.7 Å². The van der Waals surface area contributed by atoms with Crippen LogP contribution in [0.25, 0.3) is 0 Å². The normalized spacial score (nSPS) is 11.2. The van der Waals surface area contributed by atoms with E-state index in [9.17, 15) is 8.42 Å². The summed E-state index contributed by atoms with van der Waals surface area (Å²) in [4.78, 5) is 0. The minimum atomic E-state index is -3.25. The largest absolute Gasteiger partial charge is 0.355 e. The Hall–Kier alpha value is -1.72. The summed E-state index contributed by atoms with van der Waals surface area (Å²) in [6.07, 6.45) is 1.12. The van der Waals surface area contributed by atoms with Crippen molar-refractivity contribution in [3.63, 3.8) is 0 Å². The molecule has 0 saturated carbocycles. The summed E-state index contributed by atoms with van der Waals surface area (Å²) in [6.45, 7) is 1.93. The molecule has 20 heavy (non-hydrogen) atoms. The number of rotatable bonds is 4. The van der Waals surface area contributed by atoms with Gasteiger partial charge >= 0.3 is 0 Å². The molecule has 0 fully saturated rings. The van der Waals surface area contributed by atoms with E-state index in [1.807, 2.05) is 25.1 Å². The van der Waals surface area contributed by atoms with Gasteiger partial charge in [-0.05, 0) is 48.9 Å². The zero-order valence-electron chi connectivity index (χ0n) is 11.1. The quantitative estimate of drug-likeness (QED) is 0.904. The number of benzene rings is 2. The van der Waals surface area contributed by atoms with Crippen LogP contribution < -0.4 is 10.0 Å². The first kappa shape index (κ1) is 14.7. The van der Waals surface area contributed by atoms with Gasteiger partial charge in [0.2, 0.25) is 10.0 Å². The van der Waals surface area contributed by atoms with Crippen LogP contribution in [0.1, 0.15) is 5.56 Å². The van der Waals surface area contributed by atoms with Gasteiger partial charge in [0.1, 0.15) is 0 Å². The van der Waals surface area contributed by atoms with Gasteiger partial charge in [0.05, 0.1) is 6.26 Å². The highest BCUT2D eigenvalue weighted by atomic mass is 35.5. The standard InChI is InChI=1S/C14H15ClN2O2S/c1-10-13(15)4-3-5-14(10)16-11-6-8-12(9-7-11)17-20(2,18)19/h3-9,16-17H,1-2H3. The van der Waals surface area contributed by atoms with E-state index in [4.69, 9.17) is 11.6 Å². The molecule has 0 bridgehead atoms. The maximum atomic E-state index is 11.1. The average molecular weight is 311 g/mol. The summed E-state index contributed by atoms with van der Waals surface area (Å²) >= 11 is 6.06. The van der Waals surface area contributed by atoms with Crippen molar-refractivity contribution in [1.29, 1.82) is 0 Å². The van der Waals surface area contributed by atoms with Crippen LogP contribution in [0.5, 0.6) is 0 Å². The summed E-state index contributed by atoms with van der Waals surface area (Å²) in [5.74, 6) is 0. The summed E-state index contributed by atoms with van der Waals surface area (Å²) < 4.78 is 24.7. The van der Waals surface area contributed by atoms with E-state index in [-0.39, 0.29) is 0 Å². The fraction of sp³-hybridized carbons (Fsp3) is 0.143.